The van der Waals surface area contributed by atoms with Gasteiger partial charge in [-0.25, -0.2) is 0 Å². The lowest BCUT2D eigenvalue weighted by Crippen LogP contribution is -2.16. The molecule has 5 nitrogen and oxygen atoms in total. The first-order valence-electron chi connectivity index (χ1n) is 10.2. The molecule has 158 valence electrons. The molecule has 0 saturated carbocycles. The number of aryl methyl sites for hydroxylation is 1. The number of fused-ring (bicyclic) bond motifs is 1. The number of carbonyl (C=O) groups excluding carboxylic acids is 1. The SMILES string of the molecule is Cc1c(Cl)cccc1NC(=O)CSc1nnc(-c2csc3c2CCCC3)n1C(C)C. The minimum atomic E-state index is -0.0851. The maximum atomic E-state index is 12.5. The zero-order chi connectivity index (χ0) is 21.3. The lowest BCUT2D eigenvalue weighted by molar-refractivity contribution is -0.113. The van der Waals surface area contributed by atoms with Gasteiger partial charge < -0.3 is 5.32 Å². The van der Waals surface area contributed by atoms with E-state index in [1.54, 1.807) is 0 Å². The third kappa shape index (κ3) is 4.29. The van der Waals surface area contributed by atoms with Crippen LogP contribution in [0, 0.1) is 6.92 Å². The van der Waals surface area contributed by atoms with E-state index in [1.165, 1.54) is 47.0 Å². The largest absolute Gasteiger partial charge is 0.325 e. The minimum Gasteiger partial charge on any atom is -0.325 e. The highest BCUT2D eigenvalue weighted by molar-refractivity contribution is 7.99. The molecule has 2 heterocycles. The molecule has 4 rings (SSSR count). The van der Waals surface area contributed by atoms with Crippen LogP contribution < -0.4 is 5.32 Å². The summed E-state index contributed by atoms with van der Waals surface area (Å²) in [7, 11) is 0. The van der Waals surface area contributed by atoms with Gasteiger partial charge in [-0.1, -0.05) is 29.4 Å². The Morgan fingerprint density at radius 2 is 2.10 bits per heavy atom. The Morgan fingerprint density at radius 3 is 2.90 bits per heavy atom. The molecular weight excluding hydrogens is 436 g/mol. The number of hydrogen-bond acceptors (Lipinski definition) is 5. The van der Waals surface area contributed by atoms with Gasteiger partial charge in [0.1, 0.15) is 0 Å². The van der Waals surface area contributed by atoms with E-state index in [0.29, 0.717) is 5.02 Å². The third-order valence-corrected chi connectivity index (χ3v) is 7.80. The third-order valence-electron chi connectivity index (χ3n) is 5.36. The van der Waals surface area contributed by atoms with E-state index in [-0.39, 0.29) is 17.7 Å². The van der Waals surface area contributed by atoms with Crippen molar-refractivity contribution in [3.63, 3.8) is 0 Å². The quantitative estimate of drug-likeness (QED) is 0.447. The van der Waals surface area contributed by atoms with E-state index in [9.17, 15) is 4.79 Å². The molecule has 0 spiro atoms. The van der Waals surface area contributed by atoms with E-state index in [2.05, 4.69) is 39.3 Å². The topological polar surface area (TPSA) is 59.8 Å². The summed E-state index contributed by atoms with van der Waals surface area (Å²) in [6.07, 6.45) is 4.78. The number of nitrogens with one attached hydrogen (secondary N) is 1. The van der Waals surface area contributed by atoms with Crippen LogP contribution in [0.2, 0.25) is 5.02 Å². The van der Waals surface area contributed by atoms with Crippen molar-refractivity contribution in [2.45, 2.75) is 57.7 Å². The van der Waals surface area contributed by atoms with Crippen LogP contribution >= 0.6 is 34.7 Å². The first kappa shape index (κ1) is 21.4. The summed E-state index contributed by atoms with van der Waals surface area (Å²) in [6.45, 7) is 6.16. The van der Waals surface area contributed by atoms with E-state index < -0.39 is 0 Å². The highest BCUT2D eigenvalue weighted by atomic mass is 35.5. The molecule has 8 heteroatoms. The Kier molecular flexibility index (Phi) is 6.51. The summed E-state index contributed by atoms with van der Waals surface area (Å²) in [4.78, 5) is 14.0. The Balaban J connectivity index is 1.52. The van der Waals surface area contributed by atoms with E-state index in [0.717, 1.165) is 28.7 Å². The lowest BCUT2D eigenvalue weighted by atomic mass is 9.95. The number of carbonyl (C=O) groups is 1. The average molecular weight is 461 g/mol. The van der Waals surface area contributed by atoms with Crippen LogP contribution in [0.4, 0.5) is 5.69 Å². The van der Waals surface area contributed by atoms with Crippen molar-refractivity contribution in [3.05, 3.63) is 44.6 Å². The first-order valence-corrected chi connectivity index (χ1v) is 12.4. The highest BCUT2D eigenvalue weighted by Gasteiger charge is 2.23. The number of amides is 1. The van der Waals surface area contributed by atoms with Crippen LogP contribution in [0.3, 0.4) is 0 Å². The molecule has 1 aromatic carbocycles. The number of aromatic nitrogens is 3. The van der Waals surface area contributed by atoms with Gasteiger partial charge in [-0.2, -0.15) is 0 Å². The summed E-state index contributed by atoms with van der Waals surface area (Å²) < 4.78 is 2.15. The van der Waals surface area contributed by atoms with Gasteiger partial charge in [0.25, 0.3) is 0 Å². The fraction of sp³-hybridized carbons (Fsp3) is 0.409. The second-order valence-electron chi connectivity index (χ2n) is 7.78. The first-order chi connectivity index (χ1) is 14.5. The van der Waals surface area contributed by atoms with Crippen molar-refractivity contribution >= 4 is 46.3 Å². The van der Waals surface area contributed by atoms with Gasteiger partial charge in [-0.3, -0.25) is 9.36 Å². The molecule has 0 bridgehead atoms. The number of anilines is 1. The summed E-state index contributed by atoms with van der Waals surface area (Å²) in [5, 5.41) is 15.5. The van der Waals surface area contributed by atoms with Crippen LogP contribution in [0.5, 0.6) is 0 Å². The molecule has 1 N–H and O–H groups in total. The number of nitrogens with zero attached hydrogens (tertiary/aromatic N) is 3. The predicted molar refractivity (Wildman–Crippen MR) is 126 cm³/mol. The maximum Gasteiger partial charge on any atom is 0.234 e. The van der Waals surface area contributed by atoms with Crippen molar-refractivity contribution < 1.29 is 4.79 Å². The molecule has 1 aliphatic rings. The molecule has 3 aromatic rings. The number of thiophene rings is 1. The molecule has 0 fully saturated rings. The number of benzene rings is 1. The monoisotopic (exact) mass is 460 g/mol. The Morgan fingerprint density at radius 1 is 1.30 bits per heavy atom. The van der Waals surface area contributed by atoms with Crippen LogP contribution in [0.15, 0.2) is 28.7 Å². The van der Waals surface area contributed by atoms with E-state index in [1.807, 2.05) is 36.5 Å². The highest BCUT2D eigenvalue weighted by Crippen LogP contribution is 2.38. The summed E-state index contributed by atoms with van der Waals surface area (Å²) in [5.74, 6) is 1.09. The van der Waals surface area contributed by atoms with Crippen molar-refractivity contribution in [2.75, 3.05) is 11.1 Å². The van der Waals surface area contributed by atoms with Crippen molar-refractivity contribution in [3.8, 4) is 11.4 Å². The van der Waals surface area contributed by atoms with Crippen LogP contribution in [-0.2, 0) is 17.6 Å². The Labute approximate surface area is 190 Å². The fourth-order valence-corrected chi connectivity index (χ4v) is 5.93. The minimum absolute atomic E-state index is 0.0851. The smallest absolute Gasteiger partial charge is 0.234 e. The molecule has 0 atom stereocenters. The normalized spacial score (nSPS) is 13.5. The van der Waals surface area contributed by atoms with E-state index >= 15 is 0 Å². The van der Waals surface area contributed by atoms with Crippen molar-refractivity contribution in [1.29, 1.82) is 0 Å². The van der Waals surface area contributed by atoms with Gasteiger partial charge in [0.2, 0.25) is 5.91 Å². The average Bonchev–Trinajstić information content (AvgIpc) is 3.33. The Bertz CT molecular complexity index is 1070. The second-order valence-corrected chi connectivity index (χ2v) is 10.1. The van der Waals surface area contributed by atoms with Gasteiger partial charge in [-0.05, 0) is 69.7 Å². The molecule has 0 aliphatic heterocycles. The summed E-state index contributed by atoms with van der Waals surface area (Å²) in [6, 6.07) is 5.71. The number of thioether (sulfide) groups is 1. The van der Waals surface area contributed by atoms with Crippen molar-refractivity contribution in [1.82, 2.24) is 14.8 Å². The molecule has 0 saturated heterocycles. The molecule has 2 aromatic heterocycles. The zero-order valence-corrected chi connectivity index (χ0v) is 19.8. The summed E-state index contributed by atoms with van der Waals surface area (Å²) in [5.41, 5.74) is 4.25. The van der Waals surface area contributed by atoms with Crippen LogP contribution in [-0.4, -0.2) is 26.4 Å². The van der Waals surface area contributed by atoms with Gasteiger partial charge >= 0.3 is 0 Å². The standard InChI is InChI=1S/C22H25ClN4OS2/c1-13(2)27-21(16-11-29-19-10-5-4-7-15(16)19)25-26-22(27)30-12-20(28)24-18-9-6-8-17(23)14(18)3/h6,8-9,11,13H,4-5,7,10,12H2,1-3H3,(H,24,28). The van der Waals surface area contributed by atoms with Crippen molar-refractivity contribution in [2.24, 2.45) is 0 Å². The number of hydrogen-bond donors (Lipinski definition) is 1. The molecule has 1 amide bonds. The van der Waals surface area contributed by atoms with E-state index in [4.69, 9.17) is 11.6 Å². The zero-order valence-electron chi connectivity index (χ0n) is 17.4. The van der Waals surface area contributed by atoms with Gasteiger partial charge in [-0.15, -0.1) is 21.5 Å². The predicted octanol–water partition coefficient (Wildman–Crippen LogP) is 6.16. The van der Waals surface area contributed by atoms with Gasteiger partial charge in [0, 0.05) is 32.6 Å². The molecule has 0 radical (unpaired) electrons. The molecule has 0 unspecified atom stereocenters. The number of halogens is 1. The molecular formula is C22H25ClN4OS2. The Hall–Kier alpha value is -1.83. The van der Waals surface area contributed by atoms with Crippen LogP contribution in [0.1, 0.15) is 48.7 Å². The van der Waals surface area contributed by atoms with Crippen LogP contribution in [0.25, 0.3) is 11.4 Å². The van der Waals surface area contributed by atoms with Gasteiger partial charge in [0.05, 0.1) is 5.75 Å². The molecule has 30 heavy (non-hydrogen) atoms. The molecule has 1 aliphatic carbocycles. The lowest BCUT2D eigenvalue weighted by Gasteiger charge is -2.16. The van der Waals surface area contributed by atoms with Gasteiger partial charge in [0.15, 0.2) is 11.0 Å². The number of rotatable bonds is 6. The fourth-order valence-electron chi connectivity index (χ4n) is 3.77. The maximum absolute atomic E-state index is 12.5. The second kappa shape index (κ2) is 9.12. The summed E-state index contributed by atoms with van der Waals surface area (Å²) >= 11 is 9.40.